The minimum Gasteiger partial charge on any atom is -0.344 e. The summed E-state index contributed by atoms with van der Waals surface area (Å²) in [6.45, 7) is 0. The zero-order valence-electron chi connectivity index (χ0n) is 16.3. The SMILES string of the molecule is Cn1c2ccccc2c2c(-n3c(-c4[c-]cccc4)nc4ccccc43)cccc21.[Ir]. The summed E-state index contributed by atoms with van der Waals surface area (Å²) in [5.74, 6) is 0.909. The molecule has 2 heterocycles. The van der Waals surface area contributed by atoms with Crippen LogP contribution < -0.4 is 0 Å². The first-order chi connectivity index (χ1) is 14.3. The van der Waals surface area contributed by atoms with Gasteiger partial charge in [0.15, 0.2) is 0 Å². The van der Waals surface area contributed by atoms with Crippen molar-refractivity contribution in [2.75, 3.05) is 0 Å². The van der Waals surface area contributed by atoms with Crippen LogP contribution in [0.5, 0.6) is 0 Å². The Hall–Kier alpha value is -3.20. The van der Waals surface area contributed by atoms with Crippen molar-refractivity contribution in [3.05, 3.63) is 97.1 Å². The first-order valence-corrected chi connectivity index (χ1v) is 9.74. The van der Waals surface area contributed by atoms with E-state index >= 15 is 0 Å². The molecule has 0 saturated heterocycles. The molecule has 0 fully saturated rings. The van der Waals surface area contributed by atoms with Gasteiger partial charge >= 0.3 is 0 Å². The Morgan fingerprint density at radius 3 is 2.30 bits per heavy atom. The van der Waals surface area contributed by atoms with Crippen molar-refractivity contribution in [2.24, 2.45) is 7.05 Å². The number of aromatic nitrogens is 3. The van der Waals surface area contributed by atoms with E-state index in [9.17, 15) is 0 Å². The average molecular weight is 565 g/mol. The molecule has 2 aromatic heterocycles. The van der Waals surface area contributed by atoms with Crippen LogP contribution in [-0.4, -0.2) is 14.1 Å². The molecule has 0 unspecified atom stereocenters. The van der Waals surface area contributed by atoms with Gasteiger partial charge in [-0.2, -0.15) is 0 Å². The van der Waals surface area contributed by atoms with Gasteiger partial charge in [0.2, 0.25) is 0 Å². The number of hydrogen-bond acceptors (Lipinski definition) is 1. The van der Waals surface area contributed by atoms with Crippen molar-refractivity contribution in [3.63, 3.8) is 0 Å². The summed E-state index contributed by atoms with van der Waals surface area (Å²) in [6.07, 6.45) is 0. The van der Waals surface area contributed by atoms with Crippen LogP contribution in [0.4, 0.5) is 0 Å². The molecule has 1 radical (unpaired) electrons. The van der Waals surface area contributed by atoms with Gasteiger partial charge < -0.3 is 9.13 Å². The van der Waals surface area contributed by atoms with E-state index in [1.165, 1.54) is 21.8 Å². The van der Waals surface area contributed by atoms with Gasteiger partial charge in [-0.25, -0.2) is 0 Å². The van der Waals surface area contributed by atoms with E-state index in [0.717, 1.165) is 28.1 Å². The third kappa shape index (κ3) is 2.65. The maximum absolute atomic E-state index is 4.98. The van der Waals surface area contributed by atoms with E-state index in [1.54, 1.807) is 0 Å². The number of fused-ring (bicyclic) bond motifs is 4. The van der Waals surface area contributed by atoms with Crippen molar-refractivity contribution in [3.8, 4) is 17.1 Å². The van der Waals surface area contributed by atoms with Gasteiger partial charge in [0.05, 0.1) is 22.4 Å². The predicted octanol–water partition coefficient (Wildman–Crippen LogP) is 6.14. The minimum atomic E-state index is 0. The number of benzene rings is 4. The number of nitrogens with zero attached hydrogens (tertiary/aromatic N) is 3. The van der Waals surface area contributed by atoms with Crippen molar-refractivity contribution < 1.29 is 20.1 Å². The standard InChI is InChI=1S/C26H18N3.Ir/c1-28-21-14-7-5-12-19(21)25-23(28)16-9-17-24(25)29-22-15-8-6-13-20(22)27-26(29)18-10-3-2-4-11-18;/h2-10,12-17H,1H3;/q-1;. The van der Waals surface area contributed by atoms with E-state index < -0.39 is 0 Å². The number of hydrogen-bond donors (Lipinski definition) is 0. The summed E-state index contributed by atoms with van der Waals surface area (Å²) in [4.78, 5) is 4.98. The Labute approximate surface area is 187 Å². The quantitative estimate of drug-likeness (QED) is 0.232. The molecule has 30 heavy (non-hydrogen) atoms. The maximum Gasteiger partial charge on any atom is 0.0774 e. The molecule has 3 nitrogen and oxygen atoms in total. The van der Waals surface area contributed by atoms with Crippen LogP contribution in [0, 0.1) is 6.07 Å². The molecule has 0 bridgehead atoms. The van der Waals surface area contributed by atoms with Gasteiger partial charge in [-0.3, -0.25) is 4.98 Å². The molecule has 0 aliphatic carbocycles. The van der Waals surface area contributed by atoms with Gasteiger partial charge in [-0.15, -0.1) is 35.9 Å². The normalized spacial score (nSPS) is 11.2. The zero-order valence-corrected chi connectivity index (χ0v) is 18.7. The Balaban J connectivity index is 0.00000193. The molecular formula is C26H18IrN3-. The fourth-order valence-corrected chi connectivity index (χ4v) is 4.36. The third-order valence-electron chi connectivity index (χ3n) is 5.67. The fourth-order valence-electron chi connectivity index (χ4n) is 4.36. The van der Waals surface area contributed by atoms with E-state index in [1.807, 2.05) is 24.3 Å². The van der Waals surface area contributed by atoms with Gasteiger partial charge in [-0.05, 0) is 30.3 Å². The van der Waals surface area contributed by atoms with E-state index in [-0.39, 0.29) is 20.1 Å². The van der Waals surface area contributed by atoms with Crippen LogP contribution in [0.25, 0.3) is 49.9 Å². The molecular weight excluding hydrogens is 547 g/mol. The summed E-state index contributed by atoms with van der Waals surface area (Å²) in [7, 11) is 2.13. The van der Waals surface area contributed by atoms with Gasteiger partial charge in [0, 0.05) is 49.1 Å². The van der Waals surface area contributed by atoms with Gasteiger partial charge in [-0.1, -0.05) is 36.4 Å². The van der Waals surface area contributed by atoms with Gasteiger partial charge in [0.25, 0.3) is 0 Å². The van der Waals surface area contributed by atoms with E-state index in [0.29, 0.717) is 0 Å². The van der Waals surface area contributed by atoms with Crippen LogP contribution in [0.15, 0.2) is 91.0 Å². The van der Waals surface area contributed by atoms with E-state index in [4.69, 9.17) is 4.98 Å². The summed E-state index contributed by atoms with van der Waals surface area (Å²) in [6, 6.07) is 34.8. The topological polar surface area (TPSA) is 22.8 Å². The number of imidazole rings is 1. The van der Waals surface area contributed by atoms with Crippen LogP contribution in [0.2, 0.25) is 0 Å². The first-order valence-electron chi connectivity index (χ1n) is 9.74. The van der Waals surface area contributed by atoms with Gasteiger partial charge in [0.1, 0.15) is 0 Å². The average Bonchev–Trinajstić information content (AvgIpc) is 3.31. The number of aryl methyl sites for hydroxylation is 1. The molecule has 6 rings (SSSR count). The minimum absolute atomic E-state index is 0. The molecule has 0 amide bonds. The predicted molar refractivity (Wildman–Crippen MR) is 119 cm³/mol. The molecule has 0 spiro atoms. The molecule has 0 N–H and O–H groups in total. The first kappa shape index (κ1) is 18.8. The summed E-state index contributed by atoms with van der Waals surface area (Å²) < 4.78 is 4.54. The summed E-state index contributed by atoms with van der Waals surface area (Å²) in [5.41, 5.74) is 6.65. The Kier molecular flexibility index (Phi) is 4.54. The maximum atomic E-state index is 4.98. The smallest absolute Gasteiger partial charge is 0.0774 e. The second kappa shape index (κ2) is 7.24. The molecule has 0 aliphatic heterocycles. The number of para-hydroxylation sites is 3. The molecule has 147 valence electrons. The molecule has 0 saturated carbocycles. The zero-order chi connectivity index (χ0) is 19.4. The van der Waals surface area contributed by atoms with Crippen LogP contribution >= 0.6 is 0 Å². The van der Waals surface area contributed by atoms with Crippen molar-refractivity contribution in [1.82, 2.24) is 14.1 Å². The Morgan fingerprint density at radius 2 is 1.47 bits per heavy atom. The largest absolute Gasteiger partial charge is 0.344 e. The fraction of sp³-hybridized carbons (Fsp3) is 0.0385. The molecule has 4 heteroatoms. The molecule has 0 aliphatic rings. The Morgan fingerprint density at radius 1 is 0.733 bits per heavy atom. The second-order valence-electron chi connectivity index (χ2n) is 7.28. The van der Waals surface area contributed by atoms with Crippen molar-refractivity contribution >= 4 is 32.8 Å². The van der Waals surface area contributed by atoms with E-state index in [2.05, 4.69) is 89.0 Å². The third-order valence-corrected chi connectivity index (χ3v) is 5.67. The monoisotopic (exact) mass is 565 g/mol. The van der Waals surface area contributed by atoms with Crippen molar-refractivity contribution in [1.29, 1.82) is 0 Å². The summed E-state index contributed by atoms with van der Waals surface area (Å²) >= 11 is 0. The number of rotatable bonds is 2. The van der Waals surface area contributed by atoms with Crippen LogP contribution in [-0.2, 0) is 27.2 Å². The summed E-state index contributed by atoms with van der Waals surface area (Å²) in [5, 5.41) is 2.49. The Bertz CT molecular complexity index is 1510. The van der Waals surface area contributed by atoms with Crippen LogP contribution in [0.1, 0.15) is 0 Å². The second-order valence-corrected chi connectivity index (χ2v) is 7.28. The molecule has 6 aromatic rings. The molecule has 4 aromatic carbocycles. The van der Waals surface area contributed by atoms with Crippen LogP contribution in [0.3, 0.4) is 0 Å². The molecule has 0 atom stereocenters. The van der Waals surface area contributed by atoms with Crippen molar-refractivity contribution in [2.45, 2.75) is 0 Å².